The standard InChI is InChI=1S/C6H12N4/c1-2-6(7)3-10-4-8-9-5-10/h4-6H,2-3,7H2,1H3. The molecule has 1 heterocycles. The first kappa shape index (κ1) is 7.21. The second kappa shape index (κ2) is 3.31. The summed E-state index contributed by atoms with van der Waals surface area (Å²) in [5.74, 6) is 0. The van der Waals surface area contributed by atoms with Crippen molar-refractivity contribution in [1.82, 2.24) is 14.8 Å². The summed E-state index contributed by atoms with van der Waals surface area (Å²) in [5, 5.41) is 7.33. The first-order chi connectivity index (χ1) is 4.83. The van der Waals surface area contributed by atoms with Crippen LogP contribution in [-0.2, 0) is 6.54 Å². The molecule has 0 radical (unpaired) electrons. The molecule has 0 saturated heterocycles. The number of aromatic nitrogens is 3. The minimum Gasteiger partial charge on any atom is -0.326 e. The van der Waals surface area contributed by atoms with E-state index in [2.05, 4.69) is 17.1 Å². The third-order valence-electron chi connectivity index (χ3n) is 1.44. The minimum absolute atomic E-state index is 0.219. The van der Waals surface area contributed by atoms with Crippen molar-refractivity contribution in [2.45, 2.75) is 25.9 Å². The smallest absolute Gasteiger partial charge is 0.119 e. The fraction of sp³-hybridized carbons (Fsp3) is 0.667. The number of nitrogens with zero attached hydrogens (tertiary/aromatic N) is 3. The van der Waals surface area contributed by atoms with E-state index >= 15 is 0 Å². The SMILES string of the molecule is CCC(N)Cn1cnnc1. The van der Waals surface area contributed by atoms with Gasteiger partial charge >= 0.3 is 0 Å². The minimum atomic E-state index is 0.219. The predicted octanol–water partition coefficient (Wildman–Crippen LogP) is 0.0154. The molecule has 56 valence electrons. The predicted molar refractivity (Wildman–Crippen MR) is 38.3 cm³/mol. The van der Waals surface area contributed by atoms with Crippen LogP contribution in [0.3, 0.4) is 0 Å². The zero-order valence-electron chi connectivity index (χ0n) is 6.07. The van der Waals surface area contributed by atoms with Crippen molar-refractivity contribution in [1.29, 1.82) is 0 Å². The van der Waals surface area contributed by atoms with Crippen LogP contribution in [0.1, 0.15) is 13.3 Å². The normalized spacial score (nSPS) is 13.4. The Morgan fingerprint density at radius 1 is 1.50 bits per heavy atom. The van der Waals surface area contributed by atoms with E-state index in [-0.39, 0.29) is 6.04 Å². The lowest BCUT2D eigenvalue weighted by Gasteiger charge is -2.07. The van der Waals surface area contributed by atoms with Crippen LogP contribution in [0.2, 0.25) is 0 Å². The monoisotopic (exact) mass is 140 g/mol. The molecule has 0 aliphatic heterocycles. The van der Waals surface area contributed by atoms with Crippen LogP contribution in [0.15, 0.2) is 12.7 Å². The molecule has 2 N–H and O–H groups in total. The molecule has 4 nitrogen and oxygen atoms in total. The Bertz CT molecular complexity index is 170. The lowest BCUT2D eigenvalue weighted by Crippen LogP contribution is -2.24. The highest BCUT2D eigenvalue weighted by molar-refractivity contribution is 4.65. The summed E-state index contributed by atoms with van der Waals surface area (Å²) in [7, 11) is 0. The van der Waals surface area contributed by atoms with E-state index in [4.69, 9.17) is 5.73 Å². The van der Waals surface area contributed by atoms with Crippen LogP contribution in [0, 0.1) is 0 Å². The van der Waals surface area contributed by atoms with Crippen LogP contribution < -0.4 is 5.73 Å². The third-order valence-corrected chi connectivity index (χ3v) is 1.44. The molecule has 1 atom stereocenters. The molecule has 0 aliphatic rings. The molecule has 0 aromatic carbocycles. The molecule has 1 aromatic heterocycles. The Labute approximate surface area is 60.1 Å². The quantitative estimate of drug-likeness (QED) is 0.643. The molecule has 0 spiro atoms. The maximum absolute atomic E-state index is 5.69. The topological polar surface area (TPSA) is 56.7 Å². The first-order valence-corrected chi connectivity index (χ1v) is 3.41. The molecular weight excluding hydrogens is 128 g/mol. The second-order valence-electron chi connectivity index (χ2n) is 2.33. The Morgan fingerprint density at radius 3 is 2.60 bits per heavy atom. The van der Waals surface area contributed by atoms with Gasteiger partial charge < -0.3 is 10.3 Å². The Kier molecular flexibility index (Phi) is 2.39. The molecule has 0 amide bonds. The highest BCUT2D eigenvalue weighted by atomic mass is 15.2. The average molecular weight is 140 g/mol. The van der Waals surface area contributed by atoms with Crippen molar-refractivity contribution in [2.24, 2.45) is 5.73 Å². The van der Waals surface area contributed by atoms with Crippen LogP contribution in [0.25, 0.3) is 0 Å². The Hall–Kier alpha value is -0.900. The summed E-state index contributed by atoms with van der Waals surface area (Å²) in [6, 6.07) is 0.219. The Morgan fingerprint density at radius 2 is 2.10 bits per heavy atom. The number of hydrogen-bond donors (Lipinski definition) is 1. The number of nitrogens with two attached hydrogens (primary N) is 1. The van der Waals surface area contributed by atoms with E-state index in [1.807, 2.05) is 4.57 Å². The van der Waals surface area contributed by atoms with Gasteiger partial charge in [-0.3, -0.25) is 0 Å². The van der Waals surface area contributed by atoms with E-state index in [1.54, 1.807) is 12.7 Å². The Balaban J connectivity index is 2.40. The summed E-state index contributed by atoms with van der Waals surface area (Å²) in [5.41, 5.74) is 5.69. The zero-order chi connectivity index (χ0) is 7.40. The fourth-order valence-electron chi connectivity index (χ4n) is 0.716. The van der Waals surface area contributed by atoms with Gasteiger partial charge in [-0.1, -0.05) is 6.92 Å². The molecule has 0 aliphatic carbocycles. The van der Waals surface area contributed by atoms with Gasteiger partial charge in [0.1, 0.15) is 12.7 Å². The summed E-state index contributed by atoms with van der Waals surface area (Å²) in [6.45, 7) is 2.87. The van der Waals surface area contributed by atoms with Crippen LogP contribution in [0.4, 0.5) is 0 Å². The summed E-state index contributed by atoms with van der Waals surface area (Å²) < 4.78 is 1.88. The third kappa shape index (κ3) is 1.80. The molecule has 0 bridgehead atoms. The molecule has 0 saturated carbocycles. The fourth-order valence-corrected chi connectivity index (χ4v) is 0.716. The largest absolute Gasteiger partial charge is 0.326 e. The highest BCUT2D eigenvalue weighted by Crippen LogP contribution is 1.90. The van der Waals surface area contributed by atoms with E-state index in [0.717, 1.165) is 13.0 Å². The lowest BCUT2D eigenvalue weighted by atomic mass is 10.2. The zero-order valence-corrected chi connectivity index (χ0v) is 6.07. The van der Waals surface area contributed by atoms with Gasteiger partial charge in [-0.05, 0) is 6.42 Å². The van der Waals surface area contributed by atoms with E-state index in [0.29, 0.717) is 0 Å². The molecule has 1 unspecified atom stereocenters. The maximum atomic E-state index is 5.69. The summed E-state index contributed by atoms with van der Waals surface area (Å²) in [4.78, 5) is 0. The molecule has 0 fully saturated rings. The molecule has 1 rings (SSSR count). The molecular formula is C6H12N4. The van der Waals surface area contributed by atoms with E-state index in [1.165, 1.54) is 0 Å². The lowest BCUT2D eigenvalue weighted by molar-refractivity contribution is 0.537. The van der Waals surface area contributed by atoms with Gasteiger partial charge in [-0.15, -0.1) is 10.2 Å². The van der Waals surface area contributed by atoms with Gasteiger partial charge in [0.25, 0.3) is 0 Å². The van der Waals surface area contributed by atoms with Crippen molar-refractivity contribution < 1.29 is 0 Å². The second-order valence-corrected chi connectivity index (χ2v) is 2.33. The van der Waals surface area contributed by atoms with E-state index < -0.39 is 0 Å². The maximum Gasteiger partial charge on any atom is 0.119 e. The van der Waals surface area contributed by atoms with Crippen molar-refractivity contribution in [2.75, 3.05) is 0 Å². The van der Waals surface area contributed by atoms with Crippen molar-refractivity contribution >= 4 is 0 Å². The van der Waals surface area contributed by atoms with Crippen LogP contribution in [-0.4, -0.2) is 20.8 Å². The van der Waals surface area contributed by atoms with Gasteiger partial charge in [0, 0.05) is 12.6 Å². The average Bonchev–Trinajstić information content (AvgIpc) is 2.40. The molecule has 10 heavy (non-hydrogen) atoms. The first-order valence-electron chi connectivity index (χ1n) is 3.41. The van der Waals surface area contributed by atoms with Crippen molar-refractivity contribution in [3.63, 3.8) is 0 Å². The number of rotatable bonds is 3. The highest BCUT2D eigenvalue weighted by Gasteiger charge is 1.98. The van der Waals surface area contributed by atoms with Gasteiger partial charge in [0.05, 0.1) is 0 Å². The number of hydrogen-bond acceptors (Lipinski definition) is 3. The van der Waals surface area contributed by atoms with Crippen LogP contribution in [0.5, 0.6) is 0 Å². The van der Waals surface area contributed by atoms with Crippen molar-refractivity contribution in [3.8, 4) is 0 Å². The van der Waals surface area contributed by atoms with Gasteiger partial charge in [-0.25, -0.2) is 0 Å². The van der Waals surface area contributed by atoms with Gasteiger partial charge in [0.2, 0.25) is 0 Å². The molecule has 1 aromatic rings. The summed E-state index contributed by atoms with van der Waals surface area (Å²) in [6.07, 6.45) is 4.34. The molecule has 4 heteroatoms. The summed E-state index contributed by atoms with van der Waals surface area (Å²) >= 11 is 0. The van der Waals surface area contributed by atoms with Gasteiger partial charge in [0.15, 0.2) is 0 Å². The van der Waals surface area contributed by atoms with Crippen LogP contribution >= 0.6 is 0 Å². The van der Waals surface area contributed by atoms with E-state index in [9.17, 15) is 0 Å². The van der Waals surface area contributed by atoms with Crippen molar-refractivity contribution in [3.05, 3.63) is 12.7 Å². The van der Waals surface area contributed by atoms with Gasteiger partial charge in [-0.2, -0.15) is 0 Å².